The molecule has 0 bridgehead atoms. The molecule has 154 valence electrons. The zero-order chi connectivity index (χ0) is 21.0. The summed E-state index contributed by atoms with van der Waals surface area (Å²) < 4.78 is 0. The lowest BCUT2D eigenvalue weighted by atomic mass is 9.96. The Morgan fingerprint density at radius 2 is 1.93 bits per heavy atom. The summed E-state index contributed by atoms with van der Waals surface area (Å²) in [4.78, 5) is 7.03. The molecule has 0 unspecified atom stereocenters. The molecule has 2 heterocycles. The molecule has 1 aliphatic rings. The second-order valence-corrected chi connectivity index (χ2v) is 8.72. The molecule has 0 aliphatic carbocycles. The molecular formula is C25H34N4. The summed E-state index contributed by atoms with van der Waals surface area (Å²) in [6.45, 7) is 15.8. The topological polar surface area (TPSA) is 52.0 Å². The number of allylic oxidation sites excluding steroid dienone is 1. The summed E-state index contributed by atoms with van der Waals surface area (Å²) in [6.07, 6.45) is 6.46. The van der Waals surface area contributed by atoms with Crippen molar-refractivity contribution in [2.75, 3.05) is 13.1 Å². The lowest BCUT2D eigenvalue weighted by molar-refractivity contribution is 0.185. The largest absolute Gasteiger partial charge is 0.382 e. The Balaban J connectivity index is 1.80. The van der Waals surface area contributed by atoms with Crippen LogP contribution in [0.4, 0.5) is 0 Å². The van der Waals surface area contributed by atoms with Crippen LogP contribution in [0.15, 0.2) is 48.9 Å². The zero-order valence-corrected chi connectivity index (χ0v) is 18.3. The summed E-state index contributed by atoms with van der Waals surface area (Å²) in [5.74, 6) is 0.844. The van der Waals surface area contributed by atoms with Gasteiger partial charge in [0.2, 0.25) is 0 Å². The van der Waals surface area contributed by atoms with Crippen LogP contribution in [0.1, 0.15) is 50.3 Å². The summed E-state index contributed by atoms with van der Waals surface area (Å²) in [6, 6.07) is 8.79. The number of nitrogens with one attached hydrogen (secondary N) is 2. The van der Waals surface area contributed by atoms with Crippen molar-refractivity contribution in [2.24, 2.45) is 5.92 Å². The minimum absolute atomic E-state index is 0.255. The second-order valence-electron chi connectivity index (χ2n) is 8.72. The number of rotatable bonds is 7. The Bertz CT molecular complexity index is 876. The van der Waals surface area contributed by atoms with E-state index in [1.54, 1.807) is 0 Å². The molecular weight excluding hydrogens is 356 g/mol. The molecule has 0 amide bonds. The maximum Gasteiger partial charge on any atom is 0.0840 e. The van der Waals surface area contributed by atoms with Crippen LogP contribution in [0.25, 0.3) is 11.1 Å². The maximum atomic E-state index is 8.57. The SMILES string of the molecule is C=C(NC(C)C)C(=N)c1cc(-c2cncc(CN3CCC(C)CC3)c2)ccc1C. The molecule has 1 aliphatic heterocycles. The first-order chi connectivity index (χ1) is 13.8. The Labute approximate surface area is 175 Å². The Morgan fingerprint density at radius 3 is 2.62 bits per heavy atom. The van der Waals surface area contributed by atoms with Gasteiger partial charge in [-0.05, 0) is 81.4 Å². The number of likely N-dealkylation sites (tertiary alicyclic amines) is 1. The van der Waals surface area contributed by atoms with Crippen LogP contribution in [-0.2, 0) is 6.54 Å². The molecule has 2 aromatic rings. The van der Waals surface area contributed by atoms with Gasteiger partial charge in [0.25, 0.3) is 0 Å². The predicted octanol–water partition coefficient (Wildman–Crippen LogP) is 5.17. The fourth-order valence-corrected chi connectivity index (χ4v) is 3.86. The third-order valence-electron chi connectivity index (χ3n) is 5.68. The highest BCUT2D eigenvalue weighted by Gasteiger charge is 2.16. The highest BCUT2D eigenvalue weighted by Crippen LogP contribution is 2.25. The fourth-order valence-electron chi connectivity index (χ4n) is 3.86. The van der Waals surface area contributed by atoms with Crippen LogP contribution >= 0.6 is 0 Å². The zero-order valence-electron chi connectivity index (χ0n) is 18.3. The third kappa shape index (κ3) is 5.54. The smallest absolute Gasteiger partial charge is 0.0840 e. The van der Waals surface area contributed by atoms with E-state index in [0.29, 0.717) is 11.4 Å². The monoisotopic (exact) mass is 390 g/mol. The lowest BCUT2D eigenvalue weighted by Crippen LogP contribution is -2.32. The Morgan fingerprint density at radius 1 is 1.21 bits per heavy atom. The van der Waals surface area contributed by atoms with Crippen LogP contribution in [0.2, 0.25) is 0 Å². The number of pyridine rings is 1. The van der Waals surface area contributed by atoms with Crippen molar-refractivity contribution in [1.82, 2.24) is 15.2 Å². The van der Waals surface area contributed by atoms with Crippen molar-refractivity contribution in [2.45, 2.75) is 53.1 Å². The number of piperidine rings is 1. The number of hydrogen-bond donors (Lipinski definition) is 2. The van der Waals surface area contributed by atoms with E-state index in [4.69, 9.17) is 5.41 Å². The van der Waals surface area contributed by atoms with Gasteiger partial charge < -0.3 is 5.32 Å². The van der Waals surface area contributed by atoms with Crippen molar-refractivity contribution in [3.05, 3.63) is 65.6 Å². The van der Waals surface area contributed by atoms with Gasteiger partial charge in [-0.25, -0.2) is 0 Å². The summed E-state index contributed by atoms with van der Waals surface area (Å²) in [5.41, 5.74) is 6.54. The Kier molecular flexibility index (Phi) is 6.86. The standard InChI is InChI=1S/C25H34N4/c1-17(2)28-20(5)25(26)24-13-22(7-6-19(24)4)23-12-21(14-27-15-23)16-29-10-8-18(3)9-11-29/h6-7,12-15,17-18,26,28H,5,8-11,16H2,1-4H3. The van der Waals surface area contributed by atoms with Crippen molar-refractivity contribution in [3.8, 4) is 11.1 Å². The van der Waals surface area contributed by atoms with E-state index in [1.807, 2.05) is 19.3 Å². The van der Waals surface area contributed by atoms with Crippen molar-refractivity contribution >= 4 is 5.71 Å². The first kappa shape index (κ1) is 21.3. The molecule has 3 rings (SSSR count). The molecule has 1 aromatic heterocycles. The molecule has 0 spiro atoms. The van der Waals surface area contributed by atoms with Crippen molar-refractivity contribution < 1.29 is 0 Å². The van der Waals surface area contributed by atoms with Gasteiger partial charge >= 0.3 is 0 Å². The van der Waals surface area contributed by atoms with Gasteiger partial charge in [0.1, 0.15) is 0 Å². The average molecular weight is 391 g/mol. The Hall–Kier alpha value is -2.46. The highest BCUT2D eigenvalue weighted by molar-refractivity contribution is 6.11. The molecule has 0 atom stereocenters. The minimum atomic E-state index is 0.255. The van der Waals surface area contributed by atoms with Gasteiger partial charge in [-0.3, -0.25) is 15.3 Å². The summed E-state index contributed by atoms with van der Waals surface area (Å²) in [5, 5.41) is 11.8. The normalized spacial score (nSPS) is 15.5. The molecule has 1 fully saturated rings. The highest BCUT2D eigenvalue weighted by atomic mass is 15.1. The van der Waals surface area contributed by atoms with Gasteiger partial charge in [0.15, 0.2) is 0 Å². The quantitative estimate of drug-likeness (QED) is 0.641. The molecule has 0 radical (unpaired) electrons. The number of aromatic nitrogens is 1. The molecule has 2 N–H and O–H groups in total. The van der Waals surface area contributed by atoms with Crippen molar-refractivity contribution in [1.29, 1.82) is 5.41 Å². The third-order valence-corrected chi connectivity index (χ3v) is 5.68. The van der Waals surface area contributed by atoms with Gasteiger partial charge in [-0.2, -0.15) is 0 Å². The second kappa shape index (κ2) is 9.36. The first-order valence-electron chi connectivity index (χ1n) is 10.7. The molecule has 1 aromatic carbocycles. The van der Waals surface area contributed by atoms with Crippen LogP contribution in [0.5, 0.6) is 0 Å². The molecule has 1 saturated heterocycles. The lowest BCUT2D eigenvalue weighted by Gasteiger charge is -2.30. The van der Waals surface area contributed by atoms with E-state index < -0.39 is 0 Å². The number of benzene rings is 1. The van der Waals surface area contributed by atoms with E-state index in [2.05, 4.69) is 66.8 Å². The minimum Gasteiger partial charge on any atom is -0.382 e. The van der Waals surface area contributed by atoms with Crippen molar-refractivity contribution in [3.63, 3.8) is 0 Å². The van der Waals surface area contributed by atoms with E-state index in [0.717, 1.165) is 34.7 Å². The van der Waals surface area contributed by atoms with Gasteiger partial charge in [-0.15, -0.1) is 0 Å². The van der Waals surface area contributed by atoms with E-state index in [1.165, 1.54) is 31.5 Å². The number of nitrogens with zero attached hydrogens (tertiary/aromatic N) is 2. The van der Waals surface area contributed by atoms with Crippen LogP contribution in [0, 0.1) is 18.3 Å². The van der Waals surface area contributed by atoms with Crippen LogP contribution in [0.3, 0.4) is 0 Å². The van der Waals surface area contributed by atoms with E-state index >= 15 is 0 Å². The molecule has 4 heteroatoms. The van der Waals surface area contributed by atoms with E-state index in [-0.39, 0.29) is 6.04 Å². The molecule has 29 heavy (non-hydrogen) atoms. The predicted molar refractivity (Wildman–Crippen MR) is 122 cm³/mol. The van der Waals surface area contributed by atoms with Gasteiger partial charge in [0.05, 0.1) is 11.4 Å². The van der Waals surface area contributed by atoms with Gasteiger partial charge in [-0.1, -0.05) is 25.6 Å². The summed E-state index contributed by atoms with van der Waals surface area (Å²) in [7, 11) is 0. The van der Waals surface area contributed by atoms with Crippen LogP contribution in [-0.4, -0.2) is 34.7 Å². The maximum absolute atomic E-state index is 8.57. The fraction of sp³-hybridized carbons (Fsp3) is 0.440. The first-order valence-corrected chi connectivity index (χ1v) is 10.7. The van der Waals surface area contributed by atoms with Gasteiger partial charge in [0, 0.05) is 36.1 Å². The van der Waals surface area contributed by atoms with Crippen LogP contribution < -0.4 is 5.32 Å². The average Bonchev–Trinajstić information content (AvgIpc) is 2.69. The van der Waals surface area contributed by atoms with E-state index in [9.17, 15) is 0 Å². The number of hydrogen-bond acceptors (Lipinski definition) is 4. The number of aryl methyl sites for hydroxylation is 1. The molecule has 4 nitrogen and oxygen atoms in total. The summed E-state index contributed by atoms with van der Waals surface area (Å²) >= 11 is 0. The molecule has 0 saturated carbocycles.